The van der Waals surface area contributed by atoms with Crippen molar-refractivity contribution in [3.8, 4) is 11.6 Å². The maximum Gasteiger partial charge on any atom is 0.259 e. The third kappa shape index (κ3) is 4.65. The van der Waals surface area contributed by atoms with Gasteiger partial charge in [-0.25, -0.2) is 0 Å². The van der Waals surface area contributed by atoms with Crippen LogP contribution >= 0.6 is 0 Å². The molecule has 1 aliphatic heterocycles. The molecule has 4 aromatic rings. The standard InChI is InChI=1S/C22H27N9O2S/c1-28(21-25-20(23)31-22(26-21)24-19(27-31)18-4-3-15-33-18)9-10-29-11-13-30(14-12-29)16-5-7-17(8-6-16)34(2)32/h3-8,15H,9-14H2,1-2H3,(H2,23,24,25,26,27). The Hall–Kier alpha value is -3.35. The van der Waals surface area contributed by atoms with E-state index >= 15 is 0 Å². The van der Waals surface area contributed by atoms with E-state index in [-0.39, 0.29) is 5.95 Å². The van der Waals surface area contributed by atoms with Crippen molar-refractivity contribution in [1.82, 2.24) is 29.5 Å². The molecule has 1 atom stereocenters. The quantitative estimate of drug-likeness (QED) is 0.386. The van der Waals surface area contributed by atoms with Crippen molar-refractivity contribution in [2.75, 3.05) is 68.1 Å². The molecule has 1 fully saturated rings. The summed E-state index contributed by atoms with van der Waals surface area (Å²) in [7, 11) is 1.95. The Morgan fingerprint density at radius 3 is 2.53 bits per heavy atom. The smallest absolute Gasteiger partial charge is 0.259 e. The summed E-state index contributed by atoms with van der Waals surface area (Å²) in [6.07, 6.45) is 3.27. The zero-order valence-electron chi connectivity index (χ0n) is 19.2. The lowest BCUT2D eigenvalue weighted by Crippen LogP contribution is -2.48. The van der Waals surface area contributed by atoms with Crippen LogP contribution in [-0.4, -0.2) is 86.6 Å². The molecular formula is C22H27N9O2S. The van der Waals surface area contributed by atoms with Gasteiger partial charge in [0.05, 0.1) is 6.26 Å². The average Bonchev–Trinajstić information content (AvgIpc) is 3.53. The Morgan fingerprint density at radius 2 is 1.85 bits per heavy atom. The van der Waals surface area contributed by atoms with Crippen molar-refractivity contribution < 1.29 is 8.97 Å². The molecule has 1 aliphatic rings. The van der Waals surface area contributed by atoms with Crippen molar-refractivity contribution in [1.29, 1.82) is 0 Å². The van der Waals surface area contributed by atoms with Crippen LogP contribution in [0.25, 0.3) is 17.4 Å². The minimum atomic E-state index is -0.949. The van der Waals surface area contributed by atoms with Crippen LogP contribution in [0.5, 0.6) is 0 Å². The average molecular weight is 482 g/mol. The second-order valence-corrected chi connectivity index (χ2v) is 9.58. The zero-order valence-corrected chi connectivity index (χ0v) is 20.0. The molecule has 0 spiro atoms. The summed E-state index contributed by atoms with van der Waals surface area (Å²) in [4.78, 5) is 21.0. The van der Waals surface area contributed by atoms with Gasteiger partial charge in [0.15, 0.2) is 10.7 Å². The first-order valence-corrected chi connectivity index (χ1v) is 12.6. The maximum atomic E-state index is 11.6. The van der Waals surface area contributed by atoms with E-state index in [1.165, 1.54) is 10.2 Å². The Bertz CT molecular complexity index is 1240. The van der Waals surface area contributed by atoms with Crippen molar-refractivity contribution >= 4 is 34.5 Å². The minimum absolute atomic E-state index is 0.226. The summed E-state index contributed by atoms with van der Waals surface area (Å²) in [5, 5.41) is 4.34. The summed E-state index contributed by atoms with van der Waals surface area (Å²) in [6, 6.07) is 11.6. The van der Waals surface area contributed by atoms with Crippen LogP contribution in [0.3, 0.4) is 0 Å². The maximum absolute atomic E-state index is 11.6. The van der Waals surface area contributed by atoms with Crippen molar-refractivity contribution in [2.24, 2.45) is 0 Å². The number of rotatable bonds is 7. The van der Waals surface area contributed by atoms with Gasteiger partial charge < -0.3 is 24.5 Å². The normalized spacial score (nSPS) is 15.7. The summed E-state index contributed by atoms with van der Waals surface area (Å²) >= 11 is -0.949. The van der Waals surface area contributed by atoms with E-state index in [9.17, 15) is 4.55 Å². The van der Waals surface area contributed by atoms with Gasteiger partial charge in [0.25, 0.3) is 5.78 Å². The Balaban J connectivity index is 1.17. The highest BCUT2D eigenvalue weighted by Crippen LogP contribution is 2.20. The lowest BCUT2D eigenvalue weighted by Gasteiger charge is -2.36. The van der Waals surface area contributed by atoms with E-state index in [2.05, 4.69) is 42.0 Å². The molecule has 0 aliphatic carbocycles. The van der Waals surface area contributed by atoms with E-state index in [1.807, 2.05) is 24.1 Å². The van der Waals surface area contributed by atoms with E-state index < -0.39 is 11.2 Å². The van der Waals surface area contributed by atoms with Gasteiger partial charge in [0, 0.05) is 52.0 Å². The predicted octanol–water partition coefficient (Wildman–Crippen LogP) is 1.36. The molecule has 0 bridgehead atoms. The summed E-state index contributed by atoms with van der Waals surface area (Å²) in [5.41, 5.74) is 7.29. The molecule has 12 heteroatoms. The van der Waals surface area contributed by atoms with Gasteiger partial charge in [-0.15, -0.1) is 5.10 Å². The number of fused-ring (bicyclic) bond motifs is 1. The van der Waals surface area contributed by atoms with Crippen molar-refractivity contribution in [3.63, 3.8) is 0 Å². The fourth-order valence-corrected chi connectivity index (χ4v) is 4.46. The molecule has 0 radical (unpaired) electrons. The van der Waals surface area contributed by atoms with Crippen LogP contribution < -0.4 is 15.5 Å². The second-order valence-electron chi connectivity index (χ2n) is 8.20. The molecule has 2 N–H and O–H groups in total. The first-order valence-electron chi connectivity index (χ1n) is 11.0. The fraction of sp³-hybridized carbons (Fsp3) is 0.364. The molecule has 34 heavy (non-hydrogen) atoms. The van der Waals surface area contributed by atoms with Gasteiger partial charge in [0.2, 0.25) is 17.7 Å². The van der Waals surface area contributed by atoms with Gasteiger partial charge in [-0.2, -0.15) is 19.5 Å². The summed E-state index contributed by atoms with van der Waals surface area (Å²) in [6.45, 7) is 5.47. The van der Waals surface area contributed by atoms with Crippen LogP contribution in [0.4, 0.5) is 17.6 Å². The third-order valence-corrected chi connectivity index (χ3v) is 6.90. The number of benzene rings is 1. The topological polar surface area (TPSA) is 128 Å². The molecule has 11 nitrogen and oxygen atoms in total. The number of hydrogen-bond acceptors (Lipinski definition) is 10. The largest absolute Gasteiger partial charge is 0.612 e. The zero-order chi connectivity index (χ0) is 23.7. The molecule has 1 unspecified atom stereocenters. The van der Waals surface area contributed by atoms with Gasteiger partial charge in [-0.3, -0.25) is 4.90 Å². The third-order valence-electron chi connectivity index (χ3n) is 5.96. The molecule has 0 saturated carbocycles. The highest BCUT2D eigenvalue weighted by Gasteiger charge is 2.19. The van der Waals surface area contributed by atoms with Crippen molar-refractivity contribution in [2.45, 2.75) is 4.90 Å². The number of furan rings is 1. The van der Waals surface area contributed by atoms with Crippen LogP contribution in [0, 0.1) is 0 Å². The first kappa shape index (κ1) is 22.4. The van der Waals surface area contributed by atoms with E-state index in [1.54, 1.807) is 24.7 Å². The lowest BCUT2D eigenvalue weighted by molar-refractivity contribution is 0.263. The number of anilines is 3. The Morgan fingerprint density at radius 1 is 1.09 bits per heavy atom. The second kappa shape index (κ2) is 9.49. The first-order chi connectivity index (χ1) is 16.5. The van der Waals surface area contributed by atoms with Crippen molar-refractivity contribution in [3.05, 3.63) is 42.7 Å². The Kier molecular flexibility index (Phi) is 6.26. The number of nitrogen functional groups attached to an aromatic ring is 1. The van der Waals surface area contributed by atoms with Gasteiger partial charge in [-0.1, -0.05) is 0 Å². The minimum Gasteiger partial charge on any atom is -0.612 e. The fourth-order valence-electron chi connectivity index (χ4n) is 3.94. The summed E-state index contributed by atoms with van der Waals surface area (Å²) in [5.74, 6) is 2.09. The molecule has 3 aromatic heterocycles. The number of piperazine rings is 1. The number of likely N-dealkylation sites (N-methyl/N-ethyl adjacent to an activating group) is 1. The molecule has 1 saturated heterocycles. The van der Waals surface area contributed by atoms with E-state index in [0.717, 1.165) is 44.2 Å². The number of hydrogen-bond donors (Lipinski definition) is 1. The number of aromatic nitrogens is 5. The van der Waals surface area contributed by atoms with Crippen LogP contribution in [0.1, 0.15) is 0 Å². The van der Waals surface area contributed by atoms with E-state index in [0.29, 0.717) is 23.3 Å². The predicted molar refractivity (Wildman–Crippen MR) is 131 cm³/mol. The molecular weight excluding hydrogens is 454 g/mol. The van der Waals surface area contributed by atoms with E-state index in [4.69, 9.17) is 10.2 Å². The highest BCUT2D eigenvalue weighted by molar-refractivity contribution is 7.90. The molecule has 5 rings (SSSR count). The summed E-state index contributed by atoms with van der Waals surface area (Å²) < 4.78 is 18.4. The molecule has 1 aromatic carbocycles. The SMILES string of the molecule is CN(CCN1CCN(c2ccc([S+](C)[O-])cc2)CC1)c1nc(N)n2nc(-c3ccco3)nc2n1. The number of nitrogens with zero attached hydrogens (tertiary/aromatic N) is 8. The molecule has 0 amide bonds. The van der Waals surface area contributed by atoms with Crippen LogP contribution in [0.15, 0.2) is 52.0 Å². The van der Waals surface area contributed by atoms with Gasteiger partial charge in [0.1, 0.15) is 6.26 Å². The molecule has 178 valence electrons. The monoisotopic (exact) mass is 481 g/mol. The highest BCUT2D eigenvalue weighted by atomic mass is 32.2. The van der Waals surface area contributed by atoms with Gasteiger partial charge in [-0.05, 0) is 47.6 Å². The van der Waals surface area contributed by atoms with Crippen LogP contribution in [-0.2, 0) is 11.2 Å². The van der Waals surface area contributed by atoms with Gasteiger partial charge >= 0.3 is 0 Å². The number of nitrogens with two attached hydrogens (primary N) is 1. The van der Waals surface area contributed by atoms with Crippen LogP contribution in [0.2, 0.25) is 0 Å². The molecule has 4 heterocycles. The lowest BCUT2D eigenvalue weighted by atomic mass is 10.2. The Labute approximate surface area is 200 Å².